The number of ether oxygens (including phenoxy) is 1. The predicted octanol–water partition coefficient (Wildman–Crippen LogP) is 2.90. The fourth-order valence-corrected chi connectivity index (χ4v) is 1.88. The van der Waals surface area contributed by atoms with Crippen LogP contribution in [0.4, 0.5) is 14.5 Å². The summed E-state index contributed by atoms with van der Waals surface area (Å²) in [6, 6.07) is 2.13. The van der Waals surface area contributed by atoms with Gasteiger partial charge in [-0.1, -0.05) is 6.92 Å². The largest absolute Gasteiger partial charge is 0.385 e. The summed E-state index contributed by atoms with van der Waals surface area (Å²) in [5.74, 6) is -1.92. The number of halogens is 2. The molecule has 1 aromatic rings. The smallest absolute Gasteiger partial charge is 0.253 e. The van der Waals surface area contributed by atoms with E-state index in [1.165, 1.54) is 4.90 Å². The summed E-state index contributed by atoms with van der Waals surface area (Å²) >= 11 is 0. The van der Waals surface area contributed by atoms with Gasteiger partial charge in [0.25, 0.3) is 5.91 Å². The fraction of sp³-hybridized carbons (Fsp3) is 0.533. The van der Waals surface area contributed by atoms with Gasteiger partial charge in [-0.3, -0.25) is 4.79 Å². The summed E-state index contributed by atoms with van der Waals surface area (Å²) in [5.41, 5.74) is -0.178. The van der Waals surface area contributed by atoms with Gasteiger partial charge in [0.2, 0.25) is 0 Å². The number of hydrogen-bond acceptors (Lipinski definition) is 3. The van der Waals surface area contributed by atoms with E-state index >= 15 is 0 Å². The molecule has 1 aromatic carbocycles. The van der Waals surface area contributed by atoms with E-state index in [-0.39, 0.29) is 11.3 Å². The molecule has 1 amide bonds. The Balaban J connectivity index is 2.81. The molecule has 0 fully saturated rings. The molecule has 0 aromatic heterocycles. The third kappa shape index (κ3) is 4.97. The number of anilines is 1. The molecule has 0 unspecified atom stereocenters. The second-order valence-corrected chi connectivity index (χ2v) is 4.81. The average molecular weight is 300 g/mol. The minimum absolute atomic E-state index is 0.00645. The predicted molar refractivity (Wildman–Crippen MR) is 78.6 cm³/mol. The van der Waals surface area contributed by atoms with Crippen LogP contribution >= 0.6 is 0 Å². The van der Waals surface area contributed by atoms with Crippen LogP contribution in [0.15, 0.2) is 12.1 Å². The first-order valence-corrected chi connectivity index (χ1v) is 6.98. The van der Waals surface area contributed by atoms with Crippen LogP contribution in [0.5, 0.6) is 0 Å². The van der Waals surface area contributed by atoms with Gasteiger partial charge in [-0.2, -0.15) is 0 Å². The van der Waals surface area contributed by atoms with Gasteiger partial charge >= 0.3 is 0 Å². The third-order valence-electron chi connectivity index (χ3n) is 3.03. The quantitative estimate of drug-likeness (QED) is 0.751. The SMILES string of the molecule is CCCNc1c(F)cc(C(=O)N(C)CCCOC)cc1F. The van der Waals surface area contributed by atoms with Crippen LogP contribution < -0.4 is 5.32 Å². The van der Waals surface area contributed by atoms with Crippen LogP contribution in [-0.4, -0.2) is 44.7 Å². The molecule has 0 saturated heterocycles. The highest BCUT2D eigenvalue weighted by Gasteiger charge is 2.17. The number of nitrogens with zero attached hydrogens (tertiary/aromatic N) is 1. The summed E-state index contributed by atoms with van der Waals surface area (Å²) in [4.78, 5) is 13.5. The third-order valence-corrected chi connectivity index (χ3v) is 3.03. The first-order valence-electron chi connectivity index (χ1n) is 6.98. The van der Waals surface area contributed by atoms with Crippen LogP contribution in [0, 0.1) is 11.6 Å². The highest BCUT2D eigenvalue weighted by Crippen LogP contribution is 2.21. The Bertz CT molecular complexity index is 458. The van der Waals surface area contributed by atoms with Crippen LogP contribution in [0.1, 0.15) is 30.1 Å². The Morgan fingerprint density at radius 1 is 1.33 bits per heavy atom. The van der Waals surface area contributed by atoms with E-state index in [9.17, 15) is 13.6 Å². The van der Waals surface area contributed by atoms with Gasteiger partial charge in [-0.25, -0.2) is 8.78 Å². The van der Waals surface area contributed by atoms with E-state index in [1.807, 2.05) is 6.92 Å². The van der Waals surface area contributed by atoms with Gasteiger partial charge in [0, 0.05) is 39.4 Å². The van der Waals surface area contributed by atoms with E-state index in [1.54, 1.807) is 14.2 Å². The first-order chi connectivity index (χ1) is 10.0. The molecule has 0 spiro atoms. The maximum absolute atomic E-state index is 13.9. The first kappa shape index (κ1) is 17.4. The minimum atomic E-state index is -0.753. The van der Waals surface area contributed by atoms with Crippen molar-refractivity contribution in [3.63, 3.8) is 0 Å². The number of benzene rings is 1. The van der Waals surface area contributed by atoms with Crippen molar-refractivity contribution in [1.29, 1.82) is 0 Å². The Kier molecular flexibility index (Phi) is 7.08. The molecule has 0 bridgehead atoms. The Morgan fingerprint density at radius 3 is 2.48 bits per heavy atom. The summed E-state index contributed by atoms with van der Waals surface area (Å²) in [6.45, 7) is 3.36. The Morgan fingerprint density at radius 2 is 1.95 bits per heavy atom. The number of carbonyl (C=O) groups excluding carboxylic acids is 1. The lowest BCUT2D eigenvalue weighted by Crippen LogP contribution is -2.28. The maximum Gasteiger partial charge on any atom is 0.253 e. The van der Waals surface area contributed by atoms with E-state index in [2.05, 4.69) is 5.32 Å². The van der Waals surface area contributed by atoms with Crippen molar-refractivity contribution in [3.8, 4) is 0 Å². The number of methoxy groups -OCH3 is 1. The lowest BCUT2D eigenvalue weighted by atomic mass is 10.1. The zero-order chi connectivity index (χ0) is 15.8. The van der Waals surface area contributed by atoms with Crippen molar-refractivity contribution in [3.05, 3.63) is 29.3 Å². The molecule has 0 radical (unpaired) electrons. The molecule has 0 aliphatic heterocycles. The van der Waals surface area contributed by atoms with Crippen LogP contribution in [-0.2, 0) is 4.74 Å². The zero-order valence-electron chi connectivity index (χ0n) is 12.7. The van der Waals surface area contributed by atoms with Gasteiger partial charge in [0.1, 0.15) is 17.3 Å². The van der Waals surface area contributed by atoms with Crippen LogP contribution in [0.3, 0.4) is 0 Å². The second-order valence-electron chi connectivity index (χ2n) is 4.81. The Hall–Kier alpha value is -1.69. The molecule has 1 N–H and O–H groups in total. The summed E-state index contributed by atoms with van der Waals surface area (Å²) < 4.78 is 32.6. The normalized spacial score (nSPS) is 10.5. The molecule has 0 saturated carbocycles. The monoisotopic (exact) mass is 300 g/mol. The molecule has 21 heavy (non-hydrogen) atoms. The second kappa shape index (κ2) is 8.56. The van der Waals surface area contributed by atoms with Crippen LogP contribution in [0.2, 0.25) is 0 Å². The number of carbonyl (C=O) groups is 1. The van der Waals surface area contributed by atoms with E-state index < -0.39 is 17.5 Å². The molecule has 0 aliphatic rings. The highest BCUT2D eigenvalue weighted by atomic mass is 19.1. The van der Waals surface area contributed by atoms with E-state index in [4.69, 9.17) is 4.74 Å². The molecule has 4 nitrogen and oxygen atoms in total. The average Bonchev–Trinajstić information content (AvgIpc) is 2.45. The van der Waals surface area contributed by atoms with Crippen molar-refractivity contribution < 1.29 is 18.3 Å². The number of hydrogen-bond donors (Lipinski definition) is 1. The van der Waals surface area contributed by atoms with Gasteiger partial charge in [-0.05, 0) is 25.0 Å². The summed E-state index contributed by atoms with van der Waals surface area (Å²) in [6.07, 6.45) is 1.42. The molecule has 0 aliphatic carbocycles. The standard InChI is InChI=1S/C15H22F2N2O2/c1-4-6-18-14-12(16)9-11(10-13(14)17)15(20)19(2)7-5-8-21-3/h9-10,18H,4-8H2,1-3H3. The van der Waals surface area contributed by atoms with Gasteiger partial charge in [0.15, 0.2) is 0 Å². The minimum Gasteiger partial charge on any atom is -0.385 e. The van der Waals surface area contributed by atoms with Crippen molar-refractivity contribution in [1.82, 2.24) is 4.90 Å². The number of rotatable bonds is 8. The molecular formula is C15H22F2N2O2. The zero-order valence-corrected chi connectivity index (χ0v) is 12.7. The molecule has 1 rings (SSSR count). The molecule has 0 atom stereocenters. The topological polar surface area (TPSA) is 41.6 Å². The van der Waals surface area contributed by atoms with Crippen molar-refractivity contribution >= 4 is 11.6 Å². The van der Waals surface area contributed by atoms with Gasteiger partial charge in [0.05, 0.1) is 0 Å². The maximum atomic E-state index is 13.9. The highest BCUT2D eigenvalue weighted by molar-refractivity contribution is 5.94. The van der Waals surface area contributed by atoms with E-state index in [0.717, 1.165) is 18.6 Å². The number of amides is 1. The van der Waals surface area contributed by atoms with E-state index in [0.29, 0.717) is 26.1 Å². The lowest BCUT2D eigenvalue weighted by molar-refractivity contribution is 0.0778. The van der Waals surface area contributed by atoms with Crippen molar-refractivity contribution in [2.45, 2.75) is 19.8 Å². The van der Waals surface area contributed by atoms with Crippen molar-refractivity contribution in [2.24, 2.45) is 0 Å². The van der Waals surface area contributed by atoms with Crippen molar-refractivity contribution in [2.75, 3.05) is 39.2 Å². The molecule has 0 heterocycles. The van der Waals surface area contributed by atoms with Crippen LogP contribution in [0.25, 0.3) is 0 Å². The van der Waals surface area contributed by atoms with Gasteiger partial charge in [-0.15, -0.1) is 0 Å². The Labute approximate surface area is 124 Å². The molecule has 6 heteroatoms. The molecule has 118 valence electrons. The fourth-order valence-electron chi connectivity index (χ4n) is 1.88. The van der Waals surface area contributed by atoms with Gasteiger partial charge < -0.3 is 15.0 Å². The molecular weight excluding hydrogens is 278 g/mol. The number of nitrogens with one attached hydrogen (secondary N) is 1. The lowest BCUT2D eigenvalue weighted by Gasteiger charge is -2.18. The summed E-state index contributed by atoms with van der Waals surface area (Å²) in [7, 11) is 3.17. The summed E-state index contributed by atoms with van der Waals surface area (Å²) in [5, 5.41) is 2.68.